The topological polar surface area (TPSA) is 55.1 Å². The van der Waals surface area contributed by atoms with Gasteiger partial charge in [0.05, 0.1) is 10.6 Å². The number of hydrogen-bond donors (Lipinski definition) is 2. The molecule has 1 aromatic carbocycles. The third-order valence-electron chi connectivity index (χ3n) is 3.06. The van der Waals surface area contributed by atoms with E-state index in [2.05, 4.69) is 12.2 Å². The normalized spacial score (nSPS) is 14.0. The summed E-state index contributed by atoms with van der Waals surface area (Å²) in [4.78, 5) is 12.5. The molecule has 0 bridgehead atoms. The Labute approximate surface area is 134 Å². The third kappa shape index (κ3) is 5.17. The lowest BCUT2D eigenvalue weighted by molar-refractivity contribution is -0.123. The van der Waals surface area contributed by atoms with Crippen molar-refractivity contribution in [2.45, 2.75) is 37.1 Å². The Morgan fingerprint density at radius 3 is 2.75 bits per heavy atom. The van der Waals surface area contributed by atoms with Crippen molar-refractivity contribution in [3.8, 4) is 0 Å². The van der Waals surface area contributed by atoms with E-state index in [1.54, 1.807) is 23.9 Å². The molecule has 3 nitrogen and oxygen atoms in total. The lowest BCUT2D eigenvalue weighted by Gasteiger charge is -2.27. The third-order valence-corrected chi connectivity index (χ3v) is 4.80. The molecular weight excluding hydrogens is 315 g/mol. The quantitative estimate of drug-likeness (QED) is 0.712. The van der Waals surface area contributed by atoms with E-state index >= 15 is 0 Å². The summed E-state index contributed by atoms with van der Waals surface area (Å²) in [5, 5.41) is 4.53. The summed E-state index contributed by atoms with van der Waals surface area (Å²) >= 11 is 13.6. The van der Waals surface area contributed by atoms with Crippen LogP contribution in [0.5, 0.6) is 0 Å². The van der Waals surface area contributed by atoms with Gasteiger partial charge in [-0.3, -0.25) is 4.79 Å². The van der Waals surface area contributed by atoms with Gasteiger partial charge in [0.25, 0.3) is 0 Å². The molecule has 0 spiro atoms. The summed E-state index contributed by atoms with van der Waals surface area (Å²) in [6.07, 6.45) is 1.59. The van der Waals surface area contributed by atoms with Crippen molar-refractivity contribution in [3.05, 3.63) is 28.2 Å². The van der Waals surface area contributed by atoms with Gasteiger partial charge in [-0.1, -0.05) is 30.1 Å². The smallest absolute Gasteiger partial charge is 0.237 e. The molecule has 3 N–H and O–H groups in total. The summed E-state index contributed by atoms with van der Waals surface area (Å²) in [6.45, 7) is 4.65. The van der Waals surface area contributed by atoms with Crippen LogP contribution < -0.4 is 11.1 Å². The van der Waals surface area contributed by atoms with Crippen molar-refractivity contribution in [2.75, 3.05) is 12.3 Å². The van der Waals surface area contributed by atoms with Crippen molar-refractivity contribution < 1.29 is 4.79 Å². The molecular formula is C14H20Cl2N2OS. The number of rotatable bonds is 8. The lowest BCUT2D eigenvalue weighted by atomic mass is 9.98. The highest BCUT2D eigenvalue weighted by molar-refractivity contribution is 7.99. The van der Waals surface area contributed by atoms with Gasteiger partial charge in [-0.25, -0.2) is 0 Å². The van der Waals surface area contributed by atoms with Crippen LogP contribution in [0.4, 0.5) is 0 Å². The number of thioether (sulfide) groups is 1. The minimum absolute atomic E-state index is 0.330. The second kappa shape index (κ2) is 8.13. The van der Waals surface area contributed by atoms with Crippen molar-refractivity contribution in [3.63, 3.8) is 0 Å². The number of carbonyl (C=O) groups is 1. The van der Waals surface area contributed by atoms with Gasteiger partial charge >= 0.3 is 0 Å². The molecule has 1 amide bonds. The molecule has 0 radical (unpaired) electrons. The highest BCUT2D eigenvalue weighted by Crippen LogP contribution is 2.31. The molecule has 1 rings (SSSR count). The van der Waals surface area contributed by atoms with Gasteiger partial charge < -0.3 is 11.1 Å². The van der Waals surface area contributed by atoms with Gasteiger partial charge in [0.1, 0.15) is 0 Å². The molecule has 0 heterocycles. The van der Waals surface area contributed by atoms with Crippen LogP contribution in [0.3, 0.4) is 0 Å². The Hall–Kier alpha value is -0.420. The number of nitrogens with one attached hydrogen (secondary N) is 1. The van der Waals surface area contributed by atoms with Gasteiger partial charge in [-0.15, -0.1) is 11.8 Å². The Morgan fingerprint density at radius 2 is 2.15 bits per heavy atom. The van der Waals surface area contributed by atoms with Crippen LogP contribution in [-0.4, -0.2) is 23.7 Å². The van der Waals surface area contributed by atoms with Gasteiger partial charge in [0.15, 0.2) is 0 Å². The van der Waals surface area contributed by atoms with E-state index in [4.69, 9.17) is 28.9 Å². The van der Waals surface area contributed by atoms with Crippen LogP contribution >= 0.6 is 35.0 Å². The molecule has 0 aliphatic heterocycles. The molecule has 1 unspecified atom stereocenters. The zero-order valence-electron chi connectivity index (χ0n) is 11.7. The monoisotopic (exact) mass is 334 g/mol. The summed E-state index contributed by atoms with van der Waals surface area (Å²) in [6, 6.07) is 5.36. The fourth-order valence-corrected chi connectivity index (χ4v) is 3.32. The fourth-order valence-electron chi connectivity index (χ4n) is 1.65. The van der Waals surface area contributed by atoms with E-state index in [0.717, 1.165) is 23.6 Å². The number of primary amides is 1. The highest BCUT2D eigenvalue weighted by Gasteiger charge is 2.29. The number of amides is 1. The van der Waals surface area contributed by atoms with Crippen LogP contribution in [0, 0.1) is 0 Å². The Kier molecular flexibility index (Phi) is 7.17. The van der Waals surface area contributed by atoms with Crippen LogP contribution in [0.1, 0.15) is 26.7 Å². The SMILES string of the molecule is CCCNC(C)(CCSc1cc(Cl)ccc1Cl)C(N)=O. The van der Waals surface area contributed by atoms with Crippen molar-refractivity contribution >= 4 is 40.9 Å². The first-order valence-electron chi connectivity index (χ1n) is 6.52. The Morgan fingerprint density at radius 1 is 1.45 bits per heavy atom. The van der Waals surface area contributed by atoms with E-state index in [1.807, 2.05) is 13.0 Å². The minimum Gasteiger partial charge on any atom is -0.368 e. The zero-order chi connectivity index (χ0) is 15.2. The van der Waals surface area contributed by atoms with Crippen LogP contribution in [-0.2, 0) is 4.79 Å². The first-order valence-corrected chi connectivity index (χ1v) is 8.26. The van der Waals surface area contributed by atoms with Gasteiger partial charge in [0, 0.05) is 15.7 Å². The standard InChI is InChI=1S/C14H20Cl2N2OS/c1-3-7-18-14(2,13(17)19)6-8-20-12-9-10(15)4-5-11(12)16/h4-5,9,18H,3,6-8H2,1-2H3,(H2,17,19). The molecule has 0 aromatic heterocycles. The molecule has 112 valence electrons. The Balaban J connectivity index is 2.60. The van der Waals surface area contributed by atoms with Gasteiger partial charge in [-0.2, -0.15) is 0 Å². The molecule has 6 heteroatoms. The molecule has 0 aliphatic rings. The van der Waals surface area contributed by atoms with Crippen LogP contribution in [0.25, 0.3) is 0 Å². The summed E-state index contributed by atoms with van der Waals surface area (Å²) < 4.78 is 0. The number of halogens is 2. The molecule has 0 saturated heterocycles. The number of hydrogen-bond acceptors (Lipinski definition) is 3. The molecule has 1 atom stereocenters. The van der Waals surface area contributed by atoms with Crippen molar-refractivity contribution in [1.82, 2.24) is 5.32 Å². The minimum atomic E-state index is -0.686. The first-order chi connectivity index (χ1) is 9.39. The molecule has 1 aromatic rings. The van der Waals surface area contributed by atoms with E-state index in [-0.39, 0.29) is 5.91 Å². The average molecular weight is 335 g/mol. The molecule has 0 aliphatic carbocycles. The summed E-state index contributed by atoms with van der Waals surface area (Å²) in [7, 11) is 0. The molecule has 20 heavy (non-hydrogen) atoms. The molecule has 0 fully saturated rings. The Bertz CT molecular complexity index is 470. The van der Waals surface area contributed by atoms with E-state index in [0.29, 0.717) is 16.5 Å². The number of nitrogens with two attached hydrogens (primary N) is 1. The fraction of sp³-hybridized carbons (Fsp3) is 0.500. The second-order valence-electron chi connectivity index (χ2n) is 4.80. The van der Waals surface area contributed by atoms with Gasteiger partial charge in [-0.05, 0) is 44.5 Å². The maximum absolute atomic E-state index is 11.6. The zero-order valence-corrected chi connectivity index (χ0v) is 14.0. The van der Waals surface area contributed by atoms with Crippen LogP contribution in [0.15, 0.2) is 23.1 Å². The van der Waals surface area contributed by atoms with Crippen molar-refractivity contribution in [2.24, 2.45) is 5.73 Å². The maximum atomic E-state index is 11.6. The van der Waals surface area contributed by atoms with Gasteiger partial charge in [0.2, 0.25) is 5.91 Å². The maximum Gasteiger partial charge on any atom is 0.237 e. The molecule has 0 saturated carbocycles. The number of benzene rings is 1. The number of carbonyl (C=O) groups excluding carboxylic acids is 1. The summed E-state index contributed by atoms with van der Waals surface area (Å²) in [5.41, 5.74) is 4.80. The average Bonchev–Trinajstić information content (AvgIpc) is 2.40. The van der Waals surface area contributed by atoms with Crippen molar-refractivity contribution in [1.29, 1.82) is 0 Å². The van der Waals surface area contributed by atoms with E-state index in [1.165, 1.54) is 0 Å². The first kappa shape index (κ1) is 17.6. The largest absolute Gasteiger partial charge is 0.368 e. The second-order valence-corrected chi connectivity index (χ2v) is 6.78. The highest BCUT2D eigenvalue weighted by atomic mass is 35.5. The van der Waals surface area contributed by atoms with Crippen LogP contribution in [0.2, 0.25) is 10.0 Å². The lowest BCUT2D eigenvalue weighted by Crippen LogP contribution is -2.53. The summed E-state index contributed by atoms with van der Waals surface area (Å²) in [5.74, 6) is 0.402. The van der Waals surface area contributed by atoms with E-state index in [9.17, 15) is 4.79 Å². The predicted octanol–water partition coefficient (Wildman–Crippen LogP) is 3.72. The predicted molar refractivity (Wildman–Crippen MR) is 87.7 cm³/mol. The van der Waals surface area contributed by atoms with E-state index < -0.39 is 5.54 Å².